The summed E-state index contributed by atoms with van der Waals surface area (Å²) in [7, 11) is -0.407. The van der Waals surface area contributed by atoms with Crippen molar-refractivity contribution < 1.29 is 9.31 Å². The summed E-state index contributed by atoms with van der Waals surface area (Å²) in [4.78, 5) is 8.79. The van der Waals surface area contributed by atoms with Crippen molar-refractivity contribution in [1.82, 2.24) is 9.97 Å². The molecule has 0 bridgehead atoms. The molecule has 0 aliphatic carbocycles. The Morgan fingerprint density at radius 3 is 2.17 bits per heavy atom. The second kappa shape index (κ2) is 4.32. The Morgan fingerprint density at radius 2 is 1.67 bits per heavy atom. The van der Waals surface area contributed by atoms with Gasteiger partial charge in [0.1, 0.15) is 5.82 Å². The Morgan fingerprint density at radius 1 is 1.11 bits per heavy atom. The summed E-state index contributed by atoms with van der Waals surface area (Å²) in [6.07, 6.45) is 1.77. The topological polar surface area (TPSA) is 44.2 Å². The number of aromatic nitrogens is 2. The summed E-state index contributed by atoms with van der Waals surface area (Å²) in [5.41, 5.74) is 0.133. The minimum Gasteiger partial charge on any atom is -0.398 e. The molecule has 1 aliphatic rings. The van der Waals surface area contributed by atoms with Crippen molar-refractivity contribution in [2.24, 2.45) is 0 Å². The molecule has 0 saturated carbocycles. The van der Waals surface area contributed by atoms with Crippen molar-refractivity contribution in [3.63, 3.8) is 0 Å². The Bertz CT molecular complexity index is 430. The number of nitrogens with zero attached hydrogens (tertiary/aromatic N) is 2. The Balaban J connectivity index is 2.27. The zero-order chi connectivity index (χ0) is 13.6. The van der Waals surface area contributed by atoms with E-state index in [1.54, 1.807) is 6.20 Å². The third kappa shape index (κ3) is 2.29. The van der Waals surface area contributed by atoms with Gasteiger partial charge in [0, 0.05) is 12.1 Å². The molecule has 0 spiro atoms. The van der Waals surface area contributed by atoms with Crippen LogP contribution in [-0.2, 0) is 9.31 Å². The van der Waals surface area contributed by atoms with Crippen molar-refractivity contribution >= 4 is 12.7 Å². The minimum atomic E-state index is -0.407. The molecule has 1 aromatic heterocycles. The SMILES string of the molecule is CC(C)c1nccc(B2OC(C)(C)C(C)(C)O2)n1. The number of hydrogen-bond acceptors (Lipinski definition) is 4. The molecule has 0 amide bonds. The number of hydrogen-bond donors (Lipinski definition) is 0. The molecule has 0 radical (unpaired) electrons. The van der Waals surface area contributed by atoms with Gasteiger partial charge in [0.25, 0.3) is 0 Å². The third-order valence-electron chi connectivity index (χ3n) is 3.71. The largest absolute Gasteiger partial charge is 0.514 e. The van der Waals surface area contributed by atoms with Gasteiger partial charge in [-0.15, -0.1) is 0 Å². The summed E-state index contributed by atoms with van der Waals surface area (Å²) in [5, 5.41) is 0. The van der Waals surface area contributed by atoms with Gasteiger partial charge in [-0.2, -0.15) is 0 Å². The van der Waals surface area contributed by atoms with E-state index in [9.17, 15) is 0 Å². The van der Waals surface area contributed by atoms with Crippen LogP contribution in [0.1, 0.15) is 53.3 Å². The summed E-state index contributed by atoms with van der Waals surface area (Å²) < 4.78 is 11.9. The van der Waals surface area contributed by atoms with E-state index >= 15 is 0 Å². The summed E-state index contributed by atoms with van der Waals surface area (Å²) in [6.45, 7) is 12.3. The summed E-state index contributed by atoms with van der Waals surface area (Å²) >= 11 is 0. The van der Waals surface area contributed by atoms with Gasteiger partial charge >= 0.3 is 7.12 Å². The van der Waals surface area contributed by atoms with Crippen molar-refractivity contribution in [1.29, 1.82) is 0 Å². The lowest BCUT2D eigenvalue weighted by molar-refractivity contribution is 0.00578. The second-order valence-corrected chi connectivity index (χ2v) is 6.08. The molecule has 0 unspecified atom stereocenters. The molecule has 1 fully saturated rings. The molecule has 0 aromatic carbocycles. The molecule has 0 atom stereocenters. The lowest BCUT2D eigenvalue weighted by Crippen LogP contribution is -2.41. The molecule has 4 nitrogen and oxygen atoms in total. The second-order valence-electron chi connectivity index (χ2n) is 6.08. The predicted octanol–water partition coefficient (Wildman–Crippen LogP) is 1.90. The smallest absolute Gasteiger partial charge is 0.398 e. The molecule has 1 aliphatic heterocycles. The van der Waals surface area contributed by atoms with Gasteiger partial charge < -0.3 is 9.31 Å². The first-order valence-electron chi connectivity index (χ1n) is 6.41. The highest BCUT2D eigenvalue weighted by atomic mass is 16.7. The molecule has 98 valence electrons. The minimum absolute atomic E-state index is 0.298. The quantitative estimate of drug-likeness (QED) is 0.750. The van der Waals surface area contributed by atoms with Crippen molar-refractivity contribution in [2.75, 3.05) is 0 Å². The van der Waals surface area contributed by atoms with Gasteiger partial charge in [-0.3, -0.25) is 0 Å². The fourth-order valence-corrected chi connectivity index (χ4v) is 1.76. The zero-order valence-electron chi connectivity index (χ0n) is 12.0. The molecule has 0 N–H and O–H groups in total. The first-order valence-corrected chi connectivity index (χ1v) is 6.41. The standard InChI is InChI=1S/C13H21BN2O2/c1-9(2)11-15-8-7-10(16-11)14-17-12(3,4)13(5,6)18-14/h7-9H,1-6H3. The van der Waals surface area contributed by atoms with Gasteiger partial charge in [-0.25, -0.2) is 9.97 Å². The van der Waals surface area contributed by atoms with E-state index in [2.05, 4.69) is 23.8 Å². The van der Waals surface area contributed by atoms with Gasteiger partial charge in [0.05, 0.1) is 16.8 Å². The van der Waals surface area contributed by atoms with Crippen LogP contribution in [0.25, 0.3) is 0 Å². The highest BCUT2D eigenvalue weighted by molar-refractivity contribution is 6.61. The van der Waals surface area contributed by atoms with Crippen LogP contribution in [0.2, 0.25) is 0 Å². The van der Waals surface area contributed by atoms with Gasteiger partial charge in [-0.05, 0) is 33.8 Å². The van der Waals surface area contributed by atoms with Crippen LogP contribution in [0.3, 0.4) is 0 Å². The fourth-order valence-electron chi connectivity index (χ4n) is 1.76. The molecule has 18 heavy (non-hydrogen) atoms. The van der Waals surface area contributed by atoms with Crippen LogP contribution in [0, 0.1) is 0 Å². The van der Waals surface area contributed by atoms with E-state index in [1.165, 1.54) is 0 Å². The Kier molecular flexibility index (Phi) is 3.24. The zero-order valence-corrected chi connectivity index (χ0v) is 12.0. The lowest BCUT2D eigenvalue weighted by Gasteiger charge is -2.32. The molecule has 2 rings (SSSR count). The van der Waals surface area contributed by atoms with E-state index in [1.807, 2.05) is 33.8 Å². The fraction of sp³-hybridized carbons (Fsp3) is 0.692. The lowest BCUT2D eigenvalue weighted by atomic mass is 9.84. The molecular formula is C13H21BN2O2. The predicted molar refractivity (Wildman–Crippen MR) is 71.8 cm³/mol. The molecule has 5 heteroatoms. The van der Waals surface area contributed by atoms with Crippen molar-refractivity contribution in [3.8, 4) is 0 Å². The van der Waals surface area contributed by atoms with E-state index in [4.69, 9.17) is 9.31 Å². The van der Waals surface area contributed by atoms with Gasteiger partial charge in [-0.1, -0.05) is 13.8 Å². The van der Waals surface area contributed by atoms with Crippen LogP contribution in [0.4, 0.5) is 0 Å². The van der Waals surface area contributed by atoms with Crippen LogP contribution >= 0.6 is 0 Å². The number of rotatable bonds is 2. The van der Waals surface area contributed by atoms with Crippen LogP contribution < -0.4 is 5.59 Å². The van der Waals surface area contributed by atoms with Crippen molar-refractivity contribution in [2.45, 2.75) is 58.7 Å². The maximum atomic E-state index is 5.97. The normalized spacial score (nSPS) is 21.6. The van der Waals surface area contributed by atoms with Gasteiger partial charge in [0.2, 0.25) is 0 Å². The maximum absolute atomic E-state index is 5.97. The van der Waals surface area contributed by atoms with E-state index < -0.39 is 7.12 Å². The Labute approximate surface area is 109 Å². The average Bonchev–Trinajstić information content (AvgIpc) is 2.48. The average molecular weight is 248 g/mol. The highest BCUT2D eigenvalue weighted by Crippen LogP contribution is 2.36. The highest BCUT2D eigenvalue weighted by Gasteiger charge is 2.52. The van der Waals surface area contributed by atoms with Crippen LogP contribution in [-0.4, -0.2) is 28.3 Å². The molecule has 1 saturated heterocycles. The maximum Gasteiger partial charge on any atom is 0.514 e. The van der Waals surface area contributed by atoms with E-state index in [-0.39, 0.29) is 11.2 Å². The van der Waals surface area contributed by atoms with E-state index in [0.717, 1.165) is 11.4 Å². The summed E-state index contributed by atoms with van der Waals surface area (Å²) in [6, 6.07) is 1.86. The van der Waals surface area contributed by atoms with Gasteiger partial charge in [0.15, 0.2) is 0 Å². The molecular weight excluding hydrogens is 227 g/mol. The monoisotopic (exact) mass is 248 g/mol. The first-order chi connectivity index (χ1) is 8.23. The van der Waals surface area contributed by atoms with E-state index in [0.29, 0.717) is 5.92 Å². The summed E-state index contributed by atoms with van der Waals surface area (Å²) in [5.74, 6) is 1.12. The van der Waals surface area contributed by atoms with Crippen LogP contribution in [0.15, 0.2) is 12.3 Å². The molecule has 1 aromatic rings. The molecule has 2 heterocycles. The van der Waals surface area contributed by atoms with Crippen LogP contribution in [0.5, 0.6) is 0 Å². The Hall–Kier alpha value is -0.935. The first kappa shape index (κ1) is 13.5. The third-order valence-corrected chi connectivity index (χ3v) is 3.71. The van der Waals surface area contributed by atoms with Crippen molar-refractivity contribution in [3.05, 3.63) is 18.1 Å².